The smallest absolute Gasteiger partial charge is 0.0536 e. The van der Waals surface area contributed by atoms with Gasteiger partial charge in [0.25, 0.3) is 0 Å². The molecule has 20 heavy (non-hydrogen) atoms. The van der Waals surface area contributed by atoms with Gasteiger partial charge in [0.15, 0.2) is 0 Å². The van der Waals surface area contributed by atoms with Crippen molar-refractivity contribution < 1.29 is 9.84 Å². The summed E-state index contributed by atoms with van der Waals surface area (Å²) in [5.74, 6) is 0. The Bertz CT molecular complexity index is 422. The minimum atomic E-state index is 0.127. The van der Waals surface area contributed by atoms with Crippen molar-refractivity contribution in [1.82, 2.24) is 5.32 Å². The minimum absolute atomic E-state index is 0.127. The van der Waals surface area contributed by atoms with Crippen molar-refractivity contribution in [1.29, 1.82) is 0 Å². The Morgan fingerprint density at radius 3 is 2.85 bits per heavy atom. The number of hydrogen-bond donors (Lipinski definition) is 2. The minimum Gasteiger partial charge on any atom is -0.396 e. The third-order valence-corrected chi connectivity index (χ3v) is 3.94. The Morgan fingerprint density at radius 1 is 1.40 bits per heavy atom. The lowest BCUT2D eigenvalue weighted by Crippen LogP contribution is -2.36. The van der Waals surface area contributed by atoms with Crippen LogP contribution in [-0.4, -0.2) is 38.0 Å². The molecule has 110 valence electrons. The molecule has 1 aromatic carbocycles. The predicted molar refractivity (Wildman–Crippen MR) is 82.5 cm³/mol. The lowest BCUT2D eigenvalue weighted by Gasteiger charge is -2.27. The zero-order chi connectivity index (χ0) is 14.3. The summed E-state index contributed by atoms with van der Waals surface area (Å²) >= 11 is 0. The van der Waals surface area contributed by atoms with Crippen molar-refractivity contribution in [2.75, 3.05) is 32.9 Å². The van der Waals surface area contributed by atoms with Gasteiger partial charge in [-0.15, -0.1) is 0 Å². The van der Waals surface area contributed by atoms with E-state index in [9.17, 15) is 5.11 Å². The van der Waals surface area contributed by atoms with E-state index in [1.807, 2.05) is 6.07 Å². The first kappa shape index (κ1) is 15.2. The van der Waals surface area contributed by atoms with Gasteiger partial charge in [-0.1, -0.05) is 42.0 Å². The van der Waals surface area contributed by atoms with Crippen LogP contribution in [0.2, 0.25) is 0 Å². The maximum atomic E-state index is 9.20. The van der Waals surface area contributed by atoms with E-state index in [1.165, 1.54) is 11.1 Å². The van der Waals surface area contributed by atoms with Crippen LogP contribution < -0.4 is 5.32 Å². The Morgan fingerprint density at radius 2 is 2.20 bits per heavy atom. The van der Waals surface area contributed by atoms with E-state index in [0.29, 0.717) is 0 Å². The molecule has 1 fully saturated rings. The summed E-state index contributed by atoms with van der Waals surface area (Å²) in [4.78, 5) is 0. The molecule has 0 aliphatic carbocycles. The van der Waals surface area contributed by atoms with Crippen LogP contribution in [0.25, 0.3) is 6.08 Å². The average molecular weight is 275 g/mol. The first-order valence-corrected chi connectivity index (χ1v) is 7.36. The van der Waals surface area contributed by atoms with Gasteiger partial charge >= 0.3 is 0 Å². The quantitative estimate of drug-likeness (QED) is 0.803. The number of aliphatic hydroxyl groups excluding tert-OH is 1. The SMILES string of the molecule is C/C(=C/c1ccccc1)CNCC1(CCO)CCOC1. The summed E-state index contributed by atoms with van der Waals surface area (Å²) < 4.78 is 5.50. The Kier molecular flexibility index (Phi) is 5.77. The highest BCUT2D eigenvalue weighted by Crippen LogP contribution is 2.31. The first-order chi connectivity index (χ1) is 9.74. The molecule has 1 heterocycles. The fourth-order valence-corrected chi connectivity index (χ4v) is 2.72. The highest BCUT2D eigenvalue weighted by molar-refractivity contribution is 5.52. The fraction of sp³-hybridized carbons (Fsp3) is 0.529. The second-order valence-electron chi connectivity index (χ2n) is 5.78. The molecule has 3 nitrogen and oxygen atoms in total. The van der Waals surface area contributed by atoms with Crippen molar-refractivity contribution >= 4 is 6.08 Å². The summed E-state index contributed by atoms with van der Waals surface area (Å²) in [6, 6.07) is 10.4. The maximum absolute atomic E-state index is 9.20. The van der Waals surface area contributed by atoms with Crippen LogP contribution in [0, 0.1) is 5.41 Å². The molecule has 0 amide bonds. The van der Waals surface area contributed by atoms with E-state index in [4.69, 9.17) is 4.74 Å². The van der Waals surface area contributed by atoms with E-state index in [1.54, 1.807) is 0 Å². The molecule has 0 spiro atoms. The van der Waals surface area contributed by atoms with E-state index in [2.05, 4.69) is 42.6 Å². The highest BCUT2D eigenvalue weighted by Gasteiger charge is 2.33. The van der Waals surface area contributed by atoms with Gasteiger partial charge in [0.1, 0.15) is 0 Å². The van der Waals surface area contributed by atoms with Gasteiger partial charge in [0.2, 0.25) is 0 Å². The Hall–Kier alpha value is -1.16. The third kappa shape index (κ3) is 4.44. The van der Waals surface area contributed by atoms with Gasteiger partial charge in [0, 0.05) is 31.7 Å². The summed E-state index contributed by atoms with van der Waals surface area (Å²) in [6.45, 7) is 5.76. The number of nitrogens with one attached hydrogen (secondary N) is 1. The lowest BCUT2D eigenvalue weighted by molar-refractivity contribution is 0.125. The van der Waals surface area contributed by atoms with Gasteiger partial charge in [-0.3, -0.25) is 0 Å². The van der Waals surface area contributed by atoms with Crippen LogP contribution in [-0.2, 0) is 4.74 Å². The fourth-order valence-electron chi connectivity index (χ4n) is 2.72. The normalized spacial score (nSPS) is 23.2. The Balaban J connectivity index is 1.81. The van der Waals surface area contributed by atoms with Crippen molar-refractivity contribution in [2.24, 2.45) is 5.41 Å². The lowest BCUT2D eigenvalue weighted by atomic mass is 9.84. The van der Waals surface area contributed by atoms with Crippen LogP contribution in [0.15, 0.2) is 35.9 Å². The number of aliphatic hydroxyl groups is 1. The molecule has 0 bridgehead atoms. The molecule has 1 atom stereocenters. The molecule has 1 aliphatic rings. The van der Waals surface area contributed by atoms with Crippen molar-refractivity contribution in [3.8, 4) is 0 Å². The van der Waals surface area contributed by atoms with Crippen LogP contribution in [0.3, 0.4) is 0 Å². The number of ether oxygens (including phenoxy) is 1. The maximum Gasteiger partial charge on any atom is 0.0536 e. The molecule has 1 aliphatic heterocycles. The Labute approximate surface area is 121 Å². The van der Waals surface area contributed by atoms with Crippen molar-refractivity contribution in [2.45, 2.75) is 19.8 Å². The van der Waals surface area contributed by atoms with Crippen LogP contribution in [0.1, 0.15) is 25.3 Å². The standard InChI is InChI=1S/C17H25NO2/c1-15(11-16-5-3-2-4-6-16)12-18-13-17(7-9-19)8-10-20-14-17/h2-6,11,18-19H,7-10,12-14H2,1H3/b15-11-. The van der Waals surface area contributed by atoms with E-state index in [-0.39, 0.29) is 12.0 Å². The largest absolute Gasteiger partial charge is 0.396 e. The second kappa shape index (κ2) is 7.58. The number of rotatable bonds is 7. The summed E-state index contributed by atoms with van der Waals surface area (Å²) in [5, 5.41) is 12.7. The van der Waals surface area contributed by atoms with E-state index < -0.39 is 0 Å². The molecule has 0 aromatic heterocycles. The zero-order valence-corrected chi connectivity index (χ0v) is 12.3. The molecule has 0 radical (unpaired) electrons. The van der Waals surface area contributed by atoms with Crippen LogP contribution in [0.5, 0.6) is 0 Å². The van der Waals surface area contributed by atoms with E-state index >= 15 is 0 Å². The second-order valence-corrected chi connectivity index (χ2v) is 5.78. The van der Waals surface area contributed by atoms with Gasteiger partial charge in [0.05, 0.1) is 6.61 Å². The third-order valence-electron chi connectivity index (χ3n) is 3.94. The van der Waals surface area contributed by atoms with Crippen molar-refractivity contribution in [3.05, 3.63) is 41.5 Å². The van der Waals surface area contributed by atoms with Crippen LogP contribution >= 0.6 is 0 Å². The van der Waals surface area contributed by atoms with E-state index in [0.717, 1.165) is 39.1 Å². The predicted octanol–water partition coefficient (Wildman–Crippen LogP) is 2.47. The topological polar surface area (TPSA) is 41.5 Å². The molecule has 3 heteroatoms. The van der Waals surface area contributed by atoms with Gasteiger partial charge in [-0.2, -0.15) is 0 Å². The average Bonchev–Trinajstić information content (AvgIpc) is 2.89. The zero-order valence-electron chi connectivity index (χ0n) is 12.3. The van der Waals surface area contributed by atoms with Crippen LogP contribution in [0.4, 0.5) is 0 Å². The first-order valence-electron chi connectivity index (χ1n) is 7.36. The molecular formula is C17H25NO2. The molecule has 1 aromatic rings. The summed E-state index contributed by atoms with van der Waals surface area (Å²) in [5.41, 5.74) is 2.68. The monoisotopic (exact) mass is 275 g/mol. The number of hydrogen-bond acceptors (Lipinski definition) is 3. The number of benzene rings is 1. The highest BCUT2D eigenvalue weighted by atomic mass is 16.5. The molecule has 2 rings (SSSR count). The molecular weight excluding hydrogens is 250 g/mol. The molecule has 2 N–H and O–H groups in total. The molecule has 1 saturated heterocycles. The van der Waals surface area contributed by atoms with Gasteiger partial charge < -0.3 is 15.2 Å². The van der Waals surface area contributed by atoms with Crippen molar-refractivity contribution in [3.63, 3.8) is 0 Å². The molecule has 1 unspecified atom stereocenters. The summed E-state index contributed by atoms with van der Waals surface area (Å²) in [7, 11) is 0. The van der Waals surface area contributed by atoms with Gasteiger partial charge in [-0.25, -0.2) is 0 Å². The molecule has 0 saturated carbocycles. The van der Waals surface area contributed by atoms with Gasteiger partial charge in [-0.05, 0) is 25.3 Å². The summed E-state index contributed by atoms with van der Waals surface area (Å²) in [6.07, 6.45) is 4.07.